The third kappa shape index (κ3) is 4.52. The van der Waals surface area contributed by atoms with E-state index in [1.54, 1.807) is 41.3 Å². The highest BCUT2D eigenvalue weighted by Crippen LogP contribution is 2.37. The largest absolute Gasteiger partial charge is 0.326 e. The lowest BCUT2D eigenvalue weighted by Gasteiger charge is -2.18. The maximum atomic E-state index is 13.0. The van der Waals surface area contributed by atoms with Gasteiger partial charge in [0.2, 0.25) is 5.91 Å². The molecule has 172 valence electrons. The Balaban J connectivity index is 1.22. The second-order valence-electron chi connectivity index (χ2n) is 8.27. The van der Waals surface area contributed by atoms with E-state index in [0.29, 0.717) is 17.8 Å². The Morgan fingerprint density at radius 3 is 2.34 bits per heavy atom. The molecule has 0 atom stereocenters. The smallest absolute Gasteiger partial charge is 0.271 e. The van der Waals surface area contributed by atoms with Crippen LogP contribution < -0.4 is 15.6 Å². The zero-order valence-corrected chi connectivity index (χ0v) is 19.0. The van der Waals surface area contributed by atoms with Crippen molar-refractivity contribution in [2.45, 2.75) is 13.5 Å². The molecule has 0 aromatic heterocycles. The molecule has 3 amide bonds. The summed E-state index contributed by atoms with van der Waals surface area (Å²) in [6.07, 6.45) is 1.53. The number of hydrogen-bond acceptors (Lipinski definition) is 4. The summed E-state index contributed by atoms with van der Waals surface area (Å²) in [4.78, 5) is 38.3. The number of nitrogens with zero attached hydrogens (tertiary/aromatic N) is 2. The van der Waals surface area contributed by atoms with Gasteiger partial charge in [-0.2, -0.15) is 5.10 Å². The van der Waals surface area contributed by atoms with Crippen LogP contribution in [0.15, 0.2) is 90.0 Å². The van der Waals surface area contributed by atoms with Crippen molar-refractivity contribution in [1.82, 2.24) is 5.43 Å². The summed E-state index contributed by atoms with van der Waals surface area (Å²) in [5, 5.41) is 8.73. The molecule has 2 N–H and O–H groups in total. The van der Waals surface area contributed by atoms with Crippen molar-refractivity contribution in [3.63, 3.8) is 0 Å². The molecule has 1 aliphatic heterocycles. The lowest BCUT2D eigenvalue weighted by molar-refractivity contribution is -0.114. The zero-order chi connectivity index (χ0) is 24.4. The fourth-order valence-electron chi connectivity index (χ4n) is 4.17. The average molecular weight is 463 g/mol. The van der Waals surface area contributed by atoms with E-state index in [1.165, 1.54) is 13.1 Å². The lowest BCUT2D eigenvalue weighted by atomic mass is 10.1. The Kier molecular flexibility index (Phi) is 5.81. The number of nitrogens with one attached hydrogen (secondary N) is 2. The van der Waals surface area contributed by atoms with Crippen LogP contribution in [0.2, 0.25) is 0 Å². The fraction of sp³-hybridized carbons (Fsp3) is 0.0714. The standard InChI is InChI=1S/C28H22N4O3/c1-18(33)30-23-14-10-19(11-15-23)16-29-31-27(34)22-12-8-20(9-13-22)17-32-25-7-3-5-21-4-2-6-24(26(21)25)28(32)35/h2-16H,17H2,1H3,(H,30,33)(H,31,34). The van der Waals surface area contributed by atoms with Crippen molar-refractivity contribution >= 4 is 46.1 Å². The quantitative estimate of drug-likeness (QED) is 0.321. The minimum absolute atomic E-state index is 0.0157. The first-order chi connectivity index (χ1) is 17.0. The third-order valence-corrected chi connectivity index (χ3v) is 5.82. The second kappa shape index (κ2) is 9.23. The van der Waals surface area contributed by atoms with Crippen molar-refractivity contribution < 1.29 is 14.4 Å². The van der Waals surface area contributed by atoms with Crippen LogP contribution in [-0.4, -0.2) is 23.9 Å². The molecule has 7 nitrogen and oxygen atoms in total. The van der Waals surface area contributed by atoms with Gasteiger partial charge in [0.1, 0.15) is 0 Å². The maximum absolute atomic E-state index is 13.0. The summed E-state index contributed by atoms with van der Waals surface area (Å²) in [6, 6.07) is 25.9. The Bertz CT molecular complexity index is 1470. The van der Waals surface area contributed by atoms with Gasteiger partial charge in [-0.1, -0.05) is 48.5 Å². The third-order valence-electron chi connectivity index (χ3n) is 5.82. The number of carbonyl (C=O) groups is 3. The maximum Gasteiger partial charge on any atom is 0.271 e. The number of anilines is 2. The fourth-order valence-corrected chi connectivity index (χ4v) is 4.17. The Hall–Kier alpha value is -4.78. The number of hydrogen-bond donors (Lipinski definition) is 2. The van der Waals surface area contributed by atoms with Crippen LogP contribution in [0.4, 0.5) is 11.4 Å². The molecule has 5 rings (SSSR count). The van der Waals surface area contributed by atoms with Crippen LogP contribution in [0, 0.1) is 0 Å². The second-order valence-corrected chi connectivity index (χ2v) is 8.27. The molecular weight excluding hydrogens is 440 g/mol. The normalized spacial score (nSPS) is 12.4. The summed E-state index contributed by atoms with van der Waals surface area (Å²) in [7, 11) is 0. The van der Waals surface area contributed by atoms with Crippen molar-refractivity contribution in [1.29, 1.82) is 0 Å². The van der Waals surface area contributed by atoms with Gasteiger partial charge in [0.25, 0.3) is 11.8 Å². The van der Waals surface area contributed by atoms with Gasteiger partial charge in [-0.15, -0.1) is 0 Å². The lowest BCUT2D eigenvalue weighted by Crippen LogP contribution is -2.26. The van der Waals surface area contributed by atoms with E-state index in [4.69, 9.17) is 0 Å². The van der Waals surface area contributed by atoms with Crippen LogP contribution in [0.25, 0.3) is 10.8 Å². The van der Waals surface area contributed by atoms with Crippen LogP contribution in [0.3, 0.4) is 0 Å². The van der Waals surface area contributed by atoms with E-state index in [-0.39, 0.29) is 17.7 Å². The Labute approximate surface area is 202 Å². The molecule has 0 bridgehead atoms. The molecule has 0 aliphatic carbocycles. The monoisotopic (exact) mass is 462 g/mol. The molecule has 0 unspecified atom stereocenters. The van der Waals surface area contributed by atoms with E-state index in [2.05, 4.69) is 15.8 Å². The molecular formula is C28H22N4O3. The number of benzene rings is 4. The van der Waals surface area contributed by atoms with Crippen LogP contribution in [0.1, 0.15) is 38.8 Å². The zero-order valence-electron chi connectivity index (χ0n) is 19.0. The van der Waals surface area contributed by atoms with E-state index < -0.39 is 0 Å². The van der Waals surface area contributed by atoms with Gasteiger partial charge in [0.05, 0.1) is 18.4 Å². The van der Waals surface area contributed by atoms with Crippen LogP contribution in [-0.2, 0) is 11.3 Å². The SMILES string of the molecule is CC(=O)Nc1ccc(C=NNC(=O)c2ccc(CN3C(=O)c4cccc5cccc3c45)cc2)cc1. The number of amides is 3. The van der Waals surface area contributed by atoms with Crippen molar-refractivity contribution in [2.75, 3.05) is 10.2 Å². The van der Waals surface area contributed by atoms with Gasteiger partial charge in [0.15, 0.2) is 0 Å². The van der Waals surface area contributed by atoms with Crippen LogP contribution in [0.5, 0.6) is 0 Å². The predicted octanol–water partition coefficient (Wildman–Crippen LogP) is 4.72. The molecule has 0 radical (unpaired) electrons. The highest BCUT2D eigenvalue weighted by Gasteiger charge is 2.29. The van der Waals surface area contributed by atoms with Gasteiger partial charge in [-0.25, -0.2) is 5.43 Å². The van der Waals surface area contributed by atoms with Crippen molar-refractivity contribution in [2.24, 2.45) is 5.10 Å². The molecule has 7 heteroatoms. The van der Waals surface area contributed by atoms with Gasteiger partial charge in [-0.05, 0) is 52.9 Å². The first kappa shape index (κ1) is 22.0. The predicted molar refractivity (Wildman–Crippen MR) is 137 cm³/mol. The number of hydrazone groups is 1. The van der Waals surface area contributed by atoms with E-state index >= 15 is 0 Å². The minimum Gasteiger partial charge on any atom is -0.326 e. The molecule has 4 aromatic rings. The number of carbonyl (C=O) groups excluding carboxylic acids is 3. The van der Waals surface area contributed by atoms with E-state index in [1.807, 2.05) is 48.5 Å². The van der Waals surface area contributed by atoms with Crippen molar-refractivity contribution in [3.05, 3.63) is 107 Å². The Morgan fingerprint density at radius 2 is 1.63 bits per heavy atom. The topological polar surface area (TPSA) is 90.9 Å². The summed E-state index contributed by atoms with van der Waals surface area (Å²) < 4.78 is 0. The summed E-state index contributed by atoms with van der Waals surface area (Å²) in [5.41, 5.74) is 6.99. The molecule has 0 saturated carbocycles. The van der Waals surface area contributed by atoms with Gasteiger partial charge >= 0.3 is 0 Å². The minimum atomic E-state index is -0.336. The first-order valence-corrected chi connectivity index (χ1v) is 11.1. The highest BCUT2D eigenvalue weighted by molar-refractivity contribution is 6.24. The molecule has 35 heavy (non-hydrogen) atoms. The van der Waals surface area contributed by atoms with Crippen LogP contribution >= 0.6 is 0 Å². The highest BCUT2D eigenvalue weighted by atomic mass is 16.2. The van der Waals surface area contributed by atoms with Gasteiger partial charge in [0, 0.05) is 29.1 Å². The summed E-state index contributed by atoms with van der Waals surface area (Å²) >= 11 is 0. The summed E-state index contributed by atoms with van der Waals surface area (Å²) in [5.74, 6) is -0.491. The molecule has 0 spiro atoms. The first-order valence-electron chi connectivity index (χ1n) is 11.1. The van der Waals surface area contributed by atoms with Crippen molar-refractivity contribution in [3.8, 4) is 0 Å². The molecule has 4 aromatic carbocycles. The summed E-state index contributed by atoms with van der Waals surface area (Å²) in [6.45, 7) is 1.86. The molecule has 1 heterocycles. The van der Waals surface area contributed by atoms with Gasteiger partial charge in [-0.3, -0.25) is 14.4 Å². The Morgan fingerprint density at radius 1 is 0.914 bits per heavy atom. The van der Waals surface area contributed by atoms with Gasteiger partial charge < -0.3 is 10.2 Å². The molecule has 0 fully saturated rings. The van der Waals surface area contributed by atoms with E-state index in [0.717, 1.165) is 33.2 Å². The molecule has 0 saturated heterocycles. The number of rotatable bonds is 6. The van der Waals surface area contributed by atoms with E-state index in [9.17, 15) is 14.4 Å². The molecule has 1 aliphatic rings. The average Bonchev–Trinajstić information content (AvgIpc) is 3.13.